The summed E-state index contributed by atoms with van der Waals surface area (Å²) in [5.74, 6) is -1.64. The lowest BCUT2D eigenvalue weighted by molar-refractivity contribution is 0.469. The normalized spacial score (nSPS) is 10.4. The van der Waals surface area contributed by atoms with Gasteiger partial charge in [-0.2, -0.15) is 0 Å². The Kier molecular flexibility index (Phi) is 3.81. The van der Waals surface area contributed by atoms with Crippen molar-refractivity contribution in [3.8, 4) is 5.75 Å². The van der Waals surface area contributed by atoms with E-state index in [2.05, 4.69) is 21.2 Å². The van der Waals surface area contributed by atoms with Gasteiger partial charge in [-0.3, -0.25) is 0 Å². The summed E-state index contributed by atoms with van der Waals surface area (Å²) in [6, 6.07) is 8.60. The molecular weight excluding hydrogens is 304 g/mol. The Balaban J connectivity index is 2.11. The van der Waals surface area contributed by atoms with Crippen LogP contribution in [0.3, 0.4) is 0 Å². The molecule has 0 saturated heterocycles. The number of halogens is 3. The highest BCUT2D eigenvalue weighted by atomic mass is 79.9. The van der Waals surface area contributed by atoms with Crippen LogP contribution in [0.1, 0.15) is 5.56 Å². The van der Waals surface area contributed by atoms with Crippen molar-refractivity contribution in [3.63, 3.8) is 0 Å². The summed E-state index contributed by atoms with van der Waals surface area (Å²) in [4.78, 5) is 0. The van der Waals surface area contributed by atoms with Crippen LogP contribution < -0.4 is 5.32 Å². The van der Waals surface area contributed by atoms with Gasteiger partial charge in [0.1, 0.15) is 5.75 Å². The van der Waals surface area contributed by atoms with Gasteiger partial charge in [0.25, 0.3) is 0 Å². The molecule has 0 aliphatic rings. The van der Waals surface area contributed by atoms with Crippen molar-refractivity contribution in [3.05, 3.63) is 58.1 Å². The van der Waals surface area contributed by atoms with E-state index in [1.807, 2.05) is 0 Å². The van der Waals surface area contributed by atoms with Crippen LogP contribution in [0.2, 0.25) is 0 Å². The van der Waals surface area contributed by atoms with Crippen LogP contribution in [0.15, 0.2) is 40.9 Å². The smallest absolute Gasteiger partial charge is 0.160 e. The fraction of sp³-hybridized carbons (Fsp3) is 0.0769. The van der Waals surface area contributed by atoms with Crippen molar-refractivity contribution in [2.24, 2.45) is 0 Å². The summed E-state index contributed by atoms with van der Waals surface area (Å²) in [6.07, 6.45) is 0. The van der Waals surface area contributed by atoms with E-state index in [4.69, 9.17) is 0 Å². The monoisotopic (exact) mass is 313 g/mol. The van der Waals surface area contributed by atoms with Gasteiger partial charge in [0.15, 0.2) is 11.6 Å². The van der Waals surface area contributed by atoms with Gasteiger partial charge in [-0.05, 0) is 30.3 Å². The van der Waals surface area contributed by atoms with Crippen molar-refractivity contribution < 1.29 is 13.9 Å². The molecule has 0 saturated carbocycles. The lowest BCUT2D eigenvalue weighted by Gasteiger charge is -2.09. The number of hydrogen-bond acceptors (Lipinski definition) is 2. The number of aromatic hydroxyl groups is 1. The first-order chi connectivity index (χ1) is 8.56. The third-order valence-electron chi connectivity index (χ3n) is 2.44. The molecule has 2 aromatic rings. The lowest BCUT2D eigenvalue weighted by atomic mass is 10.2. The van der Waals surface area contributed by atoms with Gasteiger partial charge in [0.2, 0.25) is 0 Å². The predicted molar refractivity (Wildman–Crippen MR) is 69.5 cm³/mol. The molecule has 0 fully saturated rings. The highest BCUT2D eigenvalue weighted by Crippen LogP contribution is 2.23. The Morgan fingerprint density at radius 2 is 1.83 bits per heavy atom. The second-order valence-corrected chi connectivity index (χ2v) is 4.67. The summed E-state index contributed by atoms with van der Waals surface area (Å²) in [5.41, 5.74) is 1.11. The van der Waals surface area contributed by atoms with Gasteiger partial charge < -0.3 is 10.4 Å². The van der Waals surface area contributed by atoms with Crippen molar-refractivity contribution in [1.29, 1.82) is 0 Å². The van der Waals surface area contributed by atoms with Crippen molar-refractivity contribution in [2.75, 3.05) is 5.32 Å². The Bertz CT molecular complexity index is 575. The fourth-order valence-electron chi connectivity index (χ4n) is 1.50. The number of anilines is 1. The number of rotatable bonds is 3. The summed E-state index contributed by atoms with van der Waals surface area (Å²) in [6.45, 7) is 0.316. The van der Waals surface area contributed by atoms with E-state index in [-0.39, 0.29) is 5.75 Å². The summed E-state index contributed by atoms with van der Waals surface area (Å²) in [7, 11) is 0. The molecule has 2 N–H and O–H groups in total. The van der Waals surface area contributed by atoms with Gasteiger partial charge in [0.05, 0.1) is 0 Å². The minimum atomic E-state index is -0.904. The Morgan fingerprint density at radius 3 is 2.56 bits per heavy atom. The second kappa shape index (κ2) is 5.35. The molecule has 0 heterocycles. The molecule has 0 atom stereocenters. The largest absolute Gasteiger partial charge is 0.508 e. The van der Waals surface area contributed by atoms with E-state index in [1.165, 1.54) is 6.07 Å². The molecule has 0 spiro atoms. The molecule has 0 unspecified atom stereocenters. The zero-order valence-electron chi connectivity index (χ0n) is 9.25. The lowest BCUT2D eigenvalue weighted by Crippen LogP contribution is -2.00. The molecule has 0 amide bonds. The first-order valence-electron chi connectivity index (χ1n) is 5.22. The minimum Gasteiger partial charge on any atom is -0.508 e. The van der Waals surface area contributed by atoms with Crippen molar-refractivity contribution in [1.82, 2.24) is 0 Å². The molecule has 94 valence electrons. The van der Waals surface area contributed by atoms with Gasteiger partial charge >= 0.3 is 0 Å². The van der Waals surface area contributed by atoms with E-state index in [0.29, 0.717) is 17.8 Å². The maximum atomic E-state index is 13.0. The van der Waals surface area contributed by atoms with Crippen LogP contribution in [0.25, 0.3) is 0 Å². The quantitative estimate of drug-likeness (QED) is 0.896. The first kappa shape index (κ1) is 12.8. The molecule has 5 heteroatoms. The maximum Gasteiger partial charge on any atom is 0.160 e. The molecule has 0 radical (unpaired) electrons. The standard InChI is InChI=1S/C13H10BrF2NO/c14-9-1-4-13(18)8(5-9)7-17-10-2-3-11(15)12(16)6-10/h1-6,17-18H,7H2. The first-order valence-corrected chi connectivity index (χ1v) is 6.02. The average Bonchev–Trinajstić information content (AvgIpc) is 2.34. The Hall–Kier alpha value is -1.62. The molecule has 2 aromatic carbocycles. The zero-order chi connectivity index (χ0) is 13.1. The van der Waals surface area contributed by atoms with Crippen LogP contribution in [0.4, 0.5) is 14.5 Å². The van der Waals surface area contributed by atoms with Crippen LogP contribution in [-0.2, 0) is 6.54 Å². The van der Waals surface area contributed by atoms with Crippen LogP contribution in [0.5, 0.6) is 5.75 Å². The highest BCUT2D eigenvalue weighted by molar-refractivity contribution is 9.10. The summed E-state index contributed by atoms with van der Waals surface area (Å²) in [5, 5.41) is 12.5. The molecule has 2 nitrogen and oxygen atoms in total. The van der Waals surface area contributed by atoms with Gasteiger partial charge in [-0.25, -0.2) is 8.78 Å². The Morgan fingerprint density at radius 1 is 1.06 bits per heavy atom. The van der Waals surface area contributed by atoms with Crippen LogP contribution >= 0.6 is 15.9 Å². The van der Waals surface area contributed by atoms with Crippen molar-refractivity contribution >= 4 is 21.6 Å². The Labute approximate surface area is 111 Å². The maximum absolute atomic E-state index is 13.0. The molecule has 0 aliphatic heterocycles. The molecule has 2 rings (SSSR count). The SMILES string of the molecule is Oc1ccc(Br)cc1CNc1ccc(F)c(F)c1. The van der Waals surface area contributed by atoms with E-state index in [1.54, 1.807) is 18.2 Å². The van der Waals surface area contributed by atoms with Gasteiger partial charge in [-0.15, -0.1) is 0 Å². The third-order valence-corrected chi connectivity index (χ3v) is 2.94. The van der Waals surface area contributed by atoms with Crippen molar-refractivity contribution in [2.45, 2.75) is 6.54 Å². The van der Waals surface area contributed by atoms with Gasteiger partial charge in [0, 0.05) is 28.3 Å². The van der Waals surface area contributed by atoms with E-state index in [9.17, 15) is 13.9 Å². The average molecular weight is 314 g/mol. The molecular formula is C13H10BrF2NO. The number of hydrogen-bond donors (Lipinski definition) is 2. The minimum absolute atomic E-state index is 0.147. The fourth-order valence-corrected chi connectivity index (χ4v) is 1.91. The number of nitrogens with one attached hydrogen (secondary N) is 1. The summed E-state index contributed by atoms with van der Waals surface area (Å²) < 4.78 is 26.5. The number of phenols is 1. The second-order valence-electron chi connectivity index (χ2n) is 3.76. The van der Waals surface area contributed by atoms with E-state index < -0.39 is 11.6 Å². The zero-order valence-corrected chi connectivity index (χ0v) is 10.8. The van der Waals surface area contributed by atoms with Crippen LogP contribution in [0, 0.1) is 11.6 Å². The molecule has 0 bridgehead atoms. The number of phenolic OH excluding ortho intramolecular Hbond substituents is 1. The summed E-state index contributed by atoms with van der Waals surface area (Å²) >= 11 is 3.30. The van der Waals surface area contributed by atoms with E-state index >= 15 is 0 Å². The highest BCUT2D eigenvalue weighted by Gasteiger charge is 2.04. The third kappa shape index (κ3) is 2.98. The molecule has 0 aromatic heterocycles. The topological polar surface area (TPSA) is 32.3 Å². The van der Waals surface area contributed by atoms with Crippen LogP contribution in [-0.4, -0.2) is 5.11 Å². The molecule has 18 heavy (non-hydrogen) atoms. The van der Waals surface area contributed by atoms with E-state index in [0.717, 1.165) is 16.6 Å². The molecule has 0 aliphatic carbocycles. The predicted octanol–water partition coefficient (Wildman–Crippen LogP) is 4.05. The number of benzene rings is 2. The van der Waals surface area contributed by atoms with Gasteiger partial charge in [-0.1, -0.05) is 15.9 Å².